The van der Waals surface area contributed by atoms with E-state index in [1.807, 2.05) is 0 Å². The molecule has 9 fully saturated rings. The number of carboxylic acid groups (broad SMARTS) is 4. The molecule has 16 N–H and O–H groups in total. The Balaban J connectivity index is 1.13. The zero-order valence-corrected chi connectivity index (χ0v) is 33.6. The predicted octanol–water partition coefficient (Wildman–Crippen LogP) is -2.71. The lowest BCUT2D eigenvalue weighted by molar-refractivity contribution is -0.154. The van der Waals surface area contributed by atoms with Crippen LogP contribution in [0.1, 0.15) is 77.0 Å². The van der Waals surface area contributed by atoms with Crippen LogP contribution in [0.15, 0.2) is 0 Å². The molecule has 20 nitrogen and oxygen atoms in total. The van der Waals surface area contributed by atoms with E-state index in [9.17, 15) is 60.0 Å². The SMILES string of the molecule is O=C(O)C(O)C1CCCC2C3NC(NC4NC(NC5NC(NC6NC(N3)C3C6CCCC3C(O)C(=O)O)C3C5CCCC3C(O)C(=O)O)C3C4CCCC3C(O)C(=O)O)C21. The monoisotopic (exact) mass is 848 g/mol. The largest absolute Gasteiger partial charge is 0.479 e. The fourth-order valence-electron chi connectivity index (χ4n) is 14.7. The van der Waals surface area contributed by atoms with Crippen molar-refractivity contribution in [1.29, 1.82) is 0 Å². The maximum Gasteiger partial charge on any atom is 0.332 e. The third kappa shape index (κ3) is 7.35. The molecule has 5 heterocycles. The summed E-state index contributed by atoms with van der Waals surface area (Å²) in [4.78, 5) is 49.4. The van der Waals surface area contributed by atoms with Gasteiger partial charge in [-0.1, -0.05) is 25.7 Å². The molecule has 8 bridgehead atoms. The molecular weight excluding hydrogens is 784 g/mol. The van der Waals surface area contributed by atoms with Crippen molar-refractivity contribution < 1.29 is 60.0 Å². The molecule has 0 radical (unpaired) electrons. The summed E-state index contributed by atoms with van der Waals surface area (Å²) >= 11 is 0. The molecule has 0 amide bonds. The van der Waals surface area contributed by atoms with Crippen molar-refractivity contribution in [1.82, 2.24) is 42.5 Å². The first-order valence-corrected chi connectivity index (χ1v) is 22.4. The van der Waals surface area contributed by atoms with Crippen molar-refractivity contribution in [2.75, 3.05) is 0 Å². The first-order chi connectivity index (χ1) is 28.7. The van der Waals surface area contributed by atoms with E-state index in [2.05, 4.69) is 42.5 Å². The molecule has 60 heavy (non-hydrogen) atoms. The highest BCUT2D eigenvalue weighted by atomic mass is 16.4. The molecule has 20 heteroatoms. The minimum atomic E-state index is -1.61. The summed E-state index contributed by atoms with van der Waals surface area (Å²) in [7, 11) is 0. The van der Waals surface area contributed by atoms with Gasteiger partial charge in [0.2, 0.25) is 0 Å². The molecule has 0 aromatic rings. The van der Waals surface area contributed by atoms with Gasteiger partial charge in [-0.15, -0.1) is 0 Å². The van der Waals surface area contributed by atoms with E-state index in [1.54, 1.807) is 0 Å². The molecule has 16 unspecified atom stereocenters. The average Bonchev–Trinajstić information content (AvgIpc) is 3.97. The number of carbonyl (C=O) groups is 4. The maximum atomic E-state index is 12.4. The average molecular weight is 849 g/mol. The second-order valence-corrected chi connectivity index (χ2v) is 19.6. The summed E-state index contributed by atoms with van der Waals surface area (Å²) in [5, 5.41) is 115. The molecule has 4 saturated carbocycles. The Hall–Kier alpha value is -2.60. The number of hydrogen-bond donors (Lipinski definition) is 16. The quantitative estimate of drug-likeness (QED) is 0.118. The highest BCUT2D eigenvalue weighted by Crippen LogP contribution is 2.50. The number of aliphatic hydroxyl groups excluding tert-OH is 4. The van der Waals surface area contributed by atoms with Crippen LogP contribution in [-0.2, 0) is 19.2 Å². The van der Waals surface area contributed by atoms with Crippen LogP contribution < -0.4 is 42.5 Å². The summed E-state index contributed by atoms with van der Waals surface area (Å²) in [5.74, 6) is -9.51. The first-order valence-electron chi connectivity index (χ1n) is 22.4. The van der Waals surface area contributed by atoms with Crippen molar-refractivity contribution in [3.63, 3.8) is 0 Å². The Kier molecular flexibility index (Phi) is 12.0. The van der Waals surface area contributed by atoms with Crippen LogP contribution in [0.25, 0.3) is 0 Å². The lowest BCUT2D eigenvalue weighted by Crippen LogP contribution is -2.62. The van der Waals surface area contributed by atoms with Crippen molar-refractivity contribution >= 4 is 23.9 Å². The van der Waals surface area contributed by atoms with Gasteiger partial charge in [-0.2, -0.15) is 0 Å². The molecule has 0 aromatic heterocycles. The zero-order chi connectivity index (χ0) is 42.3. The molecule has 336 valence electrons. The molecule has 0 aromatic carbocycles. The third-order valence-corrected chi connectivity index (χ3v) is 17.0. The summed E-state index contributed by atoms with van der Waals surface area (Å²) in [6.07, 6.45) is -2.46. The van der Waals surface area contributed by atoms with E-state index < -0.39 is 121 Å². The molecule has 9 aliphatic rings. The second-order valence-electron chi connectivity index (χ2n) is 19.6. The van der Waals surface area contributed by atoms with E-state index in [0.29, 0.717) is 51.4 Å². The molecule has 9 rings (SSSR count). The smallest absolute Gasteiger partial charge is 0.332 e. The van der Waals surface area contributed by atoms with Crippen molar-refractivity contribution in [3.05, 3.63) is 0 Å². The van der Waals surface area contributed by atoms with Gasteiger partial charge in [-0.05, 0) is 98.7 Å². The Bertz CT molecular complexity index is 1420. The normalized spacial score (nSPS) is 49.3. The van der Waals surface area contributed by atoms with Gasteiger partial charge in [-0.3, -0.25) is 42.5 Å². The van der Waals surface area contributed by atoms with Gasteiger partial charge in [0.1, 0.15) is 0 Å². The van der Waals surface area contributed by atoms with Crippen LogP contribution in [0.3, 0.4) is 0 Å². The number of nitrogens with one attached hydrogen (secondary N) is 8. The summed E-state index contributed by atoms with van der Waals surface area (Å²) in [5.41, 5.74) is 0. The van der Waals surface area contributed by atoms with E-state index in [-0.39, 0.29) is 47.3 Å². The number of fused-ring (bicyclic) bond motifs is 20. The first kappa shape index (κ1) is 42.7. The van der Waals surface area contributed by atoms with Crippen LogP contribution in [-0.4, -0.2) is 138 Å². The predicted molar refractivity (Wildman–Crippen MR) is 207 cm³/mol. The fraction of sp³-hybridized carbons (Fsp3) is 0.900. The lowest BCUT2D eigenvalue weighted by Gasteiger charge is -2.42. The molecule has 16 atom stereocenters. The van der Waals surface area contributed by atoms with Gasteiger partial charge in [0.25, 0.3) is 0 Å². The number of carboxylic acids is 4. The Morgan fingerprint density at radius 1 is 0.317 bits per heavy atom. The standard InChI is InChI=1S/C40H64N8O12/c49-25(37(53)54)13-5-1-9-17-21(13)33-41-29(17)45-34-22-14(26(50)38(55)56)6-2-10-18(22)31(42-34)47-36-24-16(28(52)40(59)60)8-4-12-20(24)32(44-36)48-35-23-15(27(51)39(57)58)7-3-11-19(23)30(43-35)46-33/h13-36,41-52H,1-12H2,(H,53,54)(H,55,56)(H,57,58)(H,59,60). The third-order valence-electron chi connectivity index (χ3n) is 17.0. The van der Waals surface area contributed by atoms with E-state index in [0.717, 1.165) is 25.7 Å². The van der Waals surface area contributed by atoms with E-state index in [1.165, 1.54) is 0 Å². The summed E-state index contributed by atoms with van der Waals surface area (Å²) in [6.45, 7) is 0. The van der Waals surface area contributed by atoms with E-state index in [4.69, 9.17) is 0 Å². The molecular formula is C40H64N8O12. The minimum Gasteiger partial charge on any atom is -0.479 e. The van der Waals surface area contributed by atoms with Crippen molar-refractivity contribution in [3.8, 4) is 0 Å². The zero-order valence-electron chi connectivity index (χ0n) is 33.6. The van der Waals surface area contributed by atoms with Gasteiger partial charge in [0.15, 0.2) is 24.4 Å². The van der Waals surface area contributed by atoms with Gasteiger partial charge in [0, 0.05) is 23.7 Å². The van der Waals surface area contributed by atoms with Crippen LogP contribution in [0.2, 0.25) is 0 Å². The van der Waals surface area contributed by atoms with Gasteiger partial charge in [-0.25, -0.2) is 19.2 Å². The second kappa shape index (κ2) is 16.8. The number of aliphatic carboxylic acids is 4. The van der Waals surface area contributed by atoms with Gasteiger partial charge < -0.3 is 40.9 Å². The van der Waals surface area contributed by atoms with Gasteiger partial charge >= 0.3 is 23.9 Å². The number of hydrogen-bond acceptors (Lipinski definition) is 16. The maximum absolute atomic E-state index is 12.4. The van der Waals surface area contributed by atoms with Crippen molar-refractivity contribution in [2.24, 2.45) is 71.0 Å². The van der Waals surface area contributed by atoms with Crippen LogP contribution >= 0.6 is 0 Å². The Labute approximate surface area is 347 Å². The number of aliphatic hydroxyl groups is 4. The Morgan fingerprint density at radius 3 is 0.667 bits per heavy atom. The highest BCUT2D eigenvalue weighted by molar-refractivity contribution is 5.73. The van der Waals surface area contributed by atoms with Crippen LogP contribution in [0.5, 0.6) is 0 Å². The summed E-state index contributed by atoms with van der Waals surface area (Å²) in [6, 6.07) is 0. The molecule has 4 aliphatic carbocycles. The van der Waals surface area contributed by atoms with Crippen LogP contribution in [0, 0.1) is 71.0 Å². The molecule has 0 spiro atoms. The topological polar surface area (TPSA) is 326 Å². The van der Waals surface area contributed by atoms with Crippen molar-refractivity contribution in [2.45, 2.75) is 151 Å². The number of rotatable bonds is 8. The fourth-order valence-corrected chi connectivity index (χ4v) is 14.7. The molecule has 5 saturated heterocycles. The summed E-state index contributed by atoms with van der Waals surface area (Å²) < 4.78 is 0. The minimum absolute atomic E-state index is 0.150. The van der Waals surface area contributed by atoms with Gasteiger partial charge in [0.05, 0.1) is 49.3 Å². The highest BCUT2D eigenvalue weighted by Gasteiger charge is 2.60. The van der Waals surface area contributed by atoms with E-state index >= 15 is 0 Å². The van der Waals surface area contributed by atoms with Crippen LogP contribution in [0.4, 0.5) is 0 Å². The Morgan fingerprint density at radius 2 is 0.500 bits per heavy atom. The molecule has 5 aliphatic heterocycles. The lowest BCUT2D eigenvalue weighted by atomic mass is 9.67.